The Kier molecular flexibility index (Phi) is 8.44. The summed E-state index contributed by atoms with van der Waals surface area (Å²) in [5.74, 6) is -0.673. The molecule has 1 aliphatic carbocycles. The highest BCUT2D eigenvalue weighted by molar-refractivity contribution is 5.93. The van der Waals surface area contributed by atoms with Crippen molar-refractivity contribution in [3.8, 4) is 0 Å². The second-order valence-electron chi connectivity index (χ2n) is 6.01. The molecule has 1 amide bonds. The lowest BCUT2D eigenvalue weighted by Gasteiger charge is -2.16. The number of aromatic amines is 1. The van der Waals surface area contributed by atoms with E-state index >= 15 is 0 Å². The molecule has 5 nitrogen and oxygen atoms in total. The zero-order valence-electron chi connectivity index (χ0n) is 13.7. The largest absolute Gasteiger partial charge is 0.431 e. The average molecular weight is 382 g/mol. The smallest absolute Gasteiger partial charge is 0.351 e. The highest BCUT2D eigenvalue weighted by Crippen LogP contribution is 2.26. The Morgan fingerprint density at radius 2 is 1.76 bits per heavy atom. The summed E-state index contributed by atoms with van der Waals surface area (Å²) in [5, 5.41) is 5.91. The summed E-state index contributed by atoms with van der Waals surface area (Å²) in [4.78, 5) is 25.2. The molecule has 0 spiro atoms. The predicted octanol–water partition coefficient (Wildman–Crippen LogP) is 2.86. The zero-order chi connectivity index (χ0) is 17.6. The third-order valence-electron chi connectivity index (χ3n) is 4.16. The molecule has 1 saturated carbocycles. The number of pyridine rings is 1. The van der Waals surface area contributed by atoms with E-state index in [2.05, 4.69) is 10.6 Å². The van der Waals surface area contributed by atoms with E-state index in [1.807, 2.05) is 0 Å². The van der Waals surface area contributed by atoms with E-state index < -0.39 is 23.3 Å². The van der Waals surface area contributed by atoms with Gasteiger partial charge in [-0.25, -0.2) is 0 Å². The monoisotopic (exact) mass is 381 g/mol. The lowest BCUT2D eigenvalue weighted by atomic mass is 10.1. The SMILES string of the molecule is Cl.O=C(NCCNC1CCCCCC1)c1ccc(C(F)(F)F)[nH]c1=O. The van der Waals surface area contributed by atoms with E-state index in [9.17, 15) is 22.8 Å². The molecule has 0 saturated heterocycles. The molecule has 2 rings (SSSR count). The molecule has 0 aliphatic heterocycles. The van der Waals surface area contributed by atoms with Gasteiger partial charge in [0.05, 0.1) is 0 Å². The molecule has 25 heavy (non-hydrogen) atoms. The number of hydrogen-bond acceptors (Lipinski definition) is 3. The van der Waals surface area contributed by atoms with Crippen molar-refractivity contribution in [1.82, 2.24) is 15.6 Å². The minimum atomic E-state index is -4.64. The average Bonchev–Trinajstić information content (AvgIpc) is 2.79. The van der Waals surface area contributed by atoms with Gasteiger partial charge in [0.15, 0.2) is 0 Å². The molecule has 0 bridgehead atoms. The van der Waals surface area contributed by atoms with Crippen molar-refractivity contribution in [3.05, 3.63) is 33.7 Å². The van der Waals surface area contributed by atoms with Gasteiger partial charge in [0, 0.05) is 19.1 Å². The topological polar surface area (TPSA) is 74.0 Å². The normalized spacial score (nSPS) is 16.0. The van der Waals surface area contributed by atoms with Gasteiger partial charge < -0.3 is 15.6 Å². The summed E-state index contributed by atoms with van der Waals surface area (Å²) >= 11 is 0. The molecule has 0 unspecified atom stereocenters. The summed E-state index contributed by atoms with van der Waals surface area (Å²) in [6.07, 6.45) is 2.50. The second-order valence-corrected chi connectivity index (χ2v) is 6.01. The molecule has 9 heteroatoms. The fourth-order valence-corrected chi connectivity index (χ4v) is 2.85. The number of aromatic nitrogens is 1. The molecule has 1 aromatic rings. The number of alkyl halides is 3. The summed E-state index contributed by atoms with van der Waals surface area (Å²) < 4.78 is 37.4. The molecule has 0 aromatic carbocycles. The number of carbonyl (C=O) groups excluding carboxylic acids is 1. The van der Waals surface area contributed by atoms with Crippen molar-refractivity contribution in [2.75, 3.05) is 13.1 Å². The minimum Gasteiger partial charge on any atom is -0.351 e. The van der Waals surface area contributed by atoms with E-state index in [1.54, 1.807) is 4.98 Å². The molecule has 0 atom stereocenters. The van der Waals surface area contributed by atoms with Crippen molar-refractivity contribution in [3.63, 3.8) is 0 Å². The van der Waals surface area contributed by atoms with Crippen LogP contribution >= 0.6 is 12.4 Å². The summed E-state index contributed by atoms with van der Waals surface area (Å²) in [5.41, 5.74) is -2.53. The maximum absolute atomic E-state index is 12.5. The van der Waals surface area contributed by atoms with Gasteiger partial charge in [-0.2, -0.15) is 13.2 Å². The van der Waals surface area contributed by atoms with Crippen LogP contribution in [0, 0.1) is 0 Å². The summed E-state index contributed by atoms with van der Waals surface area (Å²) in [6, 6.07) is 2.04. The van der Waals surface area contributed by atoms with Gasteiger partial charge >= 0.3 is 6.18 Å². The minimum absolute atomic E-state index is 0. The van der Waals surface area contributed by atoms with Gasteiger partial charge in [-0.05, 0) is 25.0 Å². The van der Waals surface area contributed by atoms with E-state index in [0.717, 1.165) is 18.9 Å². The van der Waals surface area contributed by atoms with Crippen LogP contribution in [-0.2, 0) is 6.18 Å². The zero-order valence-corrected chi connectivity index (χ0v) is 14.6. The Bertz CT molecular complexity index is 611. The van der Waals surface area contributed by atoms with Gasteiger partial charge in [0.25, 0.3) is 11.5 Å². The molecule has 142 valence electrons. The molecule has 1 fully saturated rings. The van der Waals surface area contributed by atoms with E-state index in [1.165, 1.54) is 25.7 Å². The third-order valence-corrected chi connectivity index (χ3v) is 4.16. The van der Waals surface area contributed by atoms with Crippen LogP contribution < -0.4 is 16.2 Å². The molecular formula is C16H23ClF3N3O2. The molecule has 1 aromatic heterocycles. The number of halogens is 4. The Morgan fingerprint density at radius 1 is 1.12 bits per heavy atom. The Hall–Kier alpha value is -1.54. The van der Waals surface area contributed by atoms with Crippen LogP contribution in [0.15, 0.2) is 16.9 Å². The molecular weight excluding hydrogens is 359 g/mol. The van der Waals surface area contributed by atoms with Gasteiger partial charge in [-0.3, -0.25) is 9.59 Å². The lowest BCUT2D eigenvalue weighted by molar-refractivity contribution is -0.141. The number of amides is 1. The van der Waals surface area contributed by atoms with Crippen LogP contribution in [0.2, 0.25) is 0 Å². The second kappa shape index (κ2) is 9.82. The van der Waals surface area contributed by atoms with E-state index in [0.29, 0.717) is 25.2 Å². The summed E-state index contributed by atoms with van der Waals surface area (Å²) in [6.45, 7) is 0.880. The fourth-order valence-electron chi connectivity index (χ4n) is 2.85. The first-order valence-electron chi connectivity index (χ1n) is 8.20. The first-order chi connectivity index (χ1) is 11.4. The maximum Gasteiger partial charge on any atom is 0.431 e. The molecule has 1 aliphatic rings. The van der Waals surface area contributed by atoms with Gasteiger partial charge in [0.1, 0.15) is 11.3 Å². The lowest BCUT2D eigenvalue weighted by Crippen LogP contribution is -2.38. The van der Waals surface area contributed by atoms with E-state index in [4.69, 9.17) is 0 Å². The van der Waals surface area contributed by atoms with Crippen molar-refractivity contribution in [2.45, 2.75) is 50.7 Å². The number of carbonyl (C=O) groups is 1. The maximum atomic E-state index is 12.5. The van der Waals surface area contributed by atoms with Crippen molar-refractivity contribution in [1.29, 1.82) is 0 Å². The van der Waals surface area contributed by atoms with Crippen molar-refractivity contribution < 1.29 is 18.0 Å². The highest BCUT2D eigenvalue weighted by Gasteiger charge is 2.32. The third kappa shape index (κ3) is 6.70. The summed E-state index contributed by atoms with van der Waals surface area (Å²) in [7, 11) is 0. The van der Waals surface area contributed by atoms with Crippen molar-refractivity contribution in [2.24, 2.45) is 0 Å². The number of hydrogen-bond donors (Lipinski definition) is 3. The Labute approximate surface area is 150 Å². The Balaban J connectivity index is 0.00000312. The van der Waals surface area contributed by atoms with Crippen LogP contribution in [0.3, 0.4) is 0 Å². The van der Waals surface area contributed by atoms with Crippen LogP contribution in [-0.4, -0.2) is 30.0 Å². The van der Waals surface area contributed by atoms with Crippen molar-refractivity contribution >= 4 is 18.3 Å². The first-order valence-corrected chi connectivity index (χ1v) is 8.20. The molecule has 3 N–H and O–H groups in total. The van der Waals surface area contributed by atoms with Gasteiger partial charge in [0.2, 0.25) is 0 Å². The van der Waals surface area contributed by atoms with Crippen LogP contribution in [0.4, 0.5) is 13.2 Å². The van der Waals surface area contributed by atoms with E-state index in [-0.39, 0.29) is 18.0 Å². The van der Waals surface area contributed by atoms with Gasteiger partial charge in [-0.15, -0.1) is 12.4 Å². The van der Waals surface area contributed by atoms with Gasteiger partial charge in [-0.1, -0.05) is 25.7 Å². The number of H-pyrrole nitrogens is 1. The van der Waals surface area contributed by atoms with Crippen LogP contribution in [0.25, 0.3) is 0 Å². The predicted molar refractivity (Wildman–Crippen MR) is 91.1 cm³/mol. The number of rotatable bonds is 5. The molecule has 0 radical (unpaired) electrons. The standard InChI is InChI=1S/C16H22F3N3O2.ClH/c17-16(18,19)13-8-7-12(15(24)22-13)14(23)21-10-9-20-11-5-3-1-2-4-6-11;/h7-8,11,20H,1-6,9-10H2,(H,21,23)(H,22,24);1H. The highest BCUT2D eigenvalue weighted by atomic mass is 35.5. The van der Waals surface area contributed by atoms with Crippen LogP contribution in [0.5, 0.6) is 0 Å². The first kappa shape index (κ1) is 21.5. The Morgan fingerprint density at radius 3 is 2.32 bits per heavy atom. The fraction of sp³-hybridized carbons (Fsp3) is 0.625. The van der Waals surface area contributed by atoms with Crippen LogP contribution in [0.1, 0.15) is 54.6 Å². The quantitative estimate of drug-likeness (QED) is 0.542. The number of nitrogens with one attached hydrogen (secondary N) is 3. The molecule has 1 heterocycles.